The summed E-state index contributed by atoms with van der Waals surface area (Å²) in [5, 5.41) is 16.1. The molecule has 4 N–H and O–H groups in total. The molecule has 0 aliphatic rings. The minimum Gasteiger partial charge on any atom is -0.481 e. The molecule has 11 heteroatoms. The predicted octanol–water partition coefficient (Wildman–Crippen LogP) is 4.19. The van der Waals surface area contributed by atoms with Gasteiger partial charge in [-0.15, -0.1) is 11.8 Å². The highest BCUT2D eigenvalue weighted by molar-refractivity contribution is 8.00. The first-order valence-corrected chi connectivity index (χ1v) is 10.5. The molecule has 1 aromatic heterocycles. The Kier molecular flexibility index (Phi) is 7.82. The maximum atomic E-state index is 14.5. The molecule has 0 fully saturated rings. The van der Waals surface area contributed by atoms with E-state index in [0.29, 0.717) is 11.4 Å². The summed E-state index contributed by atoms with van der Waals surface area (Å²) < 4.78 is 20.0. The number of amides is 3. The van der Waals surface area contributed by atoms with Crippen LogP contribution in [0.5, 0.6) is 11.5 Å². The van der Waals surface area contributed by atoms with Crippen molar-refractivity contribution in [1.82, 2.24) is 10.3 Å². The number of rotatable bonds is 8. The van der Waals surface area contributed by atoms with Gasteiger partial charge in [-0.05, 0) is 42.5 Å². The molecular formula is C22H19FN4O5S. The van der Waals surface area contributed by atoms with Crippen LogP contribution in [-0.4, -0.2) is 40.8 Å². The summed E-state index contributed by atoms with van der Waals surface area (Å²) in [5.74, 6) is -1.62. The number of halogens is 1. The van der Waals surface area contributed by atoms with Crippen LogP contribution in [0.15, 0.2) is 65.7 Å². The number of urea groups is 1. The number of nitrogens with zero attached hydrogens (tertiary/aromatic N) is 1. The summed E-state index contributed by atoms with van der Waals surface area (Å²) in [6.07, 6.45) is 1.40. The van der Waals surface area contributed by atoms with Crippen LogP contribution in [0.4, 0.5) is 20.6 Å². The van der Waals surface area contributed by atoms with Gasteiger partial charge in [-0.25, -0.2) is 9.18 Å². The first-order valence-electron chi connectivity index (χ1n) is 9.52. The SMILES string of the molecule is CNC(=O)c1cc(Oc2ccc(NC(=O)Nc3ccc(SCC(=O)O)cc3)c(F)c2)ccn1. The summed E-state index contributed by atoms with van der Waals surface area (Å²) in [5.41, 5.74) is 0.547. The minimum absolute atomic E-state index is 0.0609. The number of thioether (sulfide) groups is 1. The van der Waals surface area contributed by atoms with Gasteiger partial charge in [0.2, 0.25) is 0 Å². The van der Waals surface area contributed by atoms with Gasteiger partial charge in [-0.3, -0.25) is 14.6 Å². The first-order chi connectivity index (χ1) is 15.8. The van der Waals surface area contributed by atoms with Crippen molar-refractivity contribution >= 4 is 41.0 Å². The molecule has 0 radical (unpaired) electrons. The highest BCUT2D eigenvalue weighted by atomic mass is 32.2. The van der Waals surface area contributed by atoms with Gasteiger partial charge in [0.05, 0.1) is 11.4 Å². The van der Waals surface area contributed by atoms with Gasteiger partial charge in [0.25, 0.3) is 5.91 Å². The van der Waals surface area contributed by atoms with E-state index in [-0.39, 0.29) is 28.8 Å². The molecule has 0 unspecified atom stereocenters. The van der Waals surface area contributed by atoms with E-state index in [0.717, 1.165) is 22.7 Å². The molecule has 0 aliphatic heterocycles. The fourth-order valence-corrected chi connectivity index (χ4v) is 3.21. The normalized spacial score (nSPS) is 10.2. The zero-order valence-electron chi connectivity index (χ0n) is 17.3. The standard InChI is InChI=1S/C22H19FN4O5S/c1-24-21(30)19-11-15(8-9-25-19)32-14-4-7-18(17(23)10-14)27-22(31)26-13-2-5-16(6-3-13)33-12-20(28)29/h2-11H,12H2,1H3,(H,24,30)(H,28,29)(H2,26,27,31). The van der Waals surface area contributed by atoms with Crippen molar-refractivity contribution in [1.29, 1.82) is 0 Å². The van der Waals surface area contributed by atoms with Crippen LogP contribution in [0.2, 0.25) is 0 Å². The molecule has 0 saturated carbocycles. The molecule has 3 aromatic rings. The Morgan fingerprint density at radius 2 is 1.76 bits per heavy atom. The van der Waals surface area contributed by atoms with Crippen molar-refractivity contribution in [3.63, 3.8) is 0 Å². The summed E-state index contributed by atoms with van der Waals surface area (Å²) >= 11 is 1.15. The van der Waals surface area contributed by atoms with Gasteiger partial charge in [-0.1, -0.05) is 0 Å². The third-order valence-electron chi connectivity index (χ3n) is 4.09. The number of nitrogens with one attached hydrogen (secondary N) is 3. The number of carboxylic acids is 1. The Bertz CT molecular complexity index is 1170. The van der Waals surface area contributed by atoms with Gasteiger partial charge in [0.1, 0.15) is 23.0 Å². The van der Waals surface area contributed by atoms with Crippen molar-refractivity contribution in [2.75, 3.05) is 23.4 Å². The molecule has 170 valence electrons. The molecule has 33 heavy (non-hydrogen) atoms. The van der Waals surface area contributed by atoms with Crippen molar-refractivity contribution in [3.05, 3.63) is 72.3 Å². The number of carboxylic acid groups (broad SMARTS) is 1. The highest BCUT2D eigenvalue weighted by Gasteiger charge is 2.11. The average molecular weight is 470 g/mol. The molecule has 2 aromatic carbocycles. The van der Waals surface area contributed by atoms with Crippen LogP contribution in [-0.2, 0) is 4.79 Å². The van der Waals surface area contributed by atoms with Gasteiger partial charge < -0.3 is 25.8 Å². The molecule has 9 nitrogen and oxygen atoms in total. The average Bonchev–Trinajstić information content (AvgIpc) is 2.80. The second kappa shape index (κ2) is 11.0. The van der Waals surface area contributed by atoms with Crippen LogP contribution in [0.25, 0.3) is 0 Å². The summed E-state index contributed by atoms with van der Waals surface area (Å²) in [4.78, 5) is 39.1. The van der Waals surface area contributed by atoms with E-state index in [2.05, 4.69) is 20.9 Å². The Morgan fingerprint density at radius 3 is 2.42 bits per heavy atom. The Hall–Kier alpha value is -4.12. The molecule has 0 aliphatic carbocycles. The molecule has 0 saturated heterocycles. The zero-order chi connectivity index (χ0) is 23.8. The summed E-state index contributed by atoms with van der Waals surface area (Å²) in [7, 11) is 1.48. The molecule has 3 amide bonds. The Morgan fingerprint density at radius 1 is 1.03 bits per heavy atom. The molecule has 3 rings (SSSR count). The quantitative estimate of drug-likeness (QED) is 0.363. The number of hydrogen-bond acceptors (Lipinski definition) is 6. The molecule has 1 heterocycles. The second-order valence-corrected chi connectivity index (χ2v) is 7.53. The van der Waals surface area contributed by atoms with Crippen molar-refractivity contribution in [2.45, 2.75) is 4.90 Å². The van der Waals surface area contributed by atoms with Crippen molar-refractivity contribution in [3.8, 4) is 11.5 Å². The van der Waals surface area contributed by atoms with Gasteiger partial charge in [0, 0.05) is 36.0 Å². The van der Waals surface area contributed by atoms with Crippen LogP contribution in [0.3, 0.4) is 0 Å². The van der Waals surface area contributed by atoms with Crippen molar-refractivity contribution < 1.29 is 28.6 Å². The lowest BCUT2D eigenvalue weighted by Crippen LogP contribution is -2.20. The number of aromatic nitrogens is 1. The monoisotopic (exact) mass is 470 g/mol. The van der Waals surface area contributed by atoms with Gasteiger partial charge in [-0.2, -0.15) is 0 Å². The van der Waals surface area contributed by atoms with E-state index >= 15 is 0 Å². The summed E-state index contributed by atoms with van der Waals surface area (Å²) in [6.45, 7) is 0. The predicted molar refractivity (Wildman–Crippen MR) is 122 cm³/mol. The topological polar surface area (TPSA) is 130 Å². The third-order valence-corrected chi connectivity index (χ3v) is 5.09. The zero-order valence-corrected chi connectivity index (χ0v) is 18.1. The van der Waals surface area contributed by atoms with E-state index in [9.17, 15) is 18.8 Å². The van der Waals surface area contributed by atoms with Gasteiger partial charge in [0.15, 0.2) is 0 Å². The van der Waals surface area contributed by atoms with E-state index in [1.165, 1.54) is 37.5 Å². The number of anilines is 2. The highest BCUT2D eigenvalue weighted by Crippen LogP contribution is 2.26. The number of hydrogen-bond donors (Lipinski definition) is 4. The number of carbonyl (C=O) groups excluding carboxylic acids is 2. The summed E-state index contributed by atoms with van der Waals surface area (Å²) in [6, 6.07) is 12.8. The van der Waals surface area contributed by atoms with E-state index < -0.39 is 17.8 Å². The molecule has 0 spiro atoms. The lowest BCUT2D eigenvalue weighted by molar-refractivity contribution is -0.133. The fourth-order valence-electron chi connectivity index (χ4n) is 2.59. The second-order valence-electron chi connectivity index (χ2n) is 6.49. The maximum absolute atomic E-state index is 14.5. The van der Waals surface area contributed by atoms with Crippen LogP contribution >= 0.6 is 11.8 Å². The number of aliphatic carboxylic acids is 1. The third kappa shape index (κ3) is 6.94. The van der Waals surface area contributed by atoms with E-state index in [1.54, 1.807) is 24.3 Å². The lowest BCUT2D eigenvalue weighted by Gasteiger charge is -2.11. The van der Waals surface area contributed by atoms with E-state index in [4.69, 9.17) is 9.84 Å². The van der Waals surface area contributed by atoms with Crippen LogP contribution in [0, 0.1) is 5.82 Å². The largest absolute Gasteiger partial charge is 0.481 e. The van der Waals surface area contributed by atoms with E-state index in [1.807, 2.05) is 0 Å². The number of ether oxygens (including phenoxy) is 1. The fraction of sp³-hybridized carbons (Fsp3) is 0.0909. The molecular weight excluding hydrogens is 451 g/mol. The van der Waals surface area contributed by atoms with Crippen molar-refractivity contribution in [2.24, 2.45) is 0 Å². The minimum atomic E-state index is -0.922. The molecule has 0 atom stereocenters. The first kappa shape index (κ1) is 23.5. The van der Waals surface area contributed by atoms with Crippen LogP contribution < -0.4 is 20.7 Å². The smallest absolute Gasteiger partial charge is 0.323 e. The molecule has 0 bridgehead atoms. The number of pyridine rings is 1. The lowest BCUT2D eigenvalue weighted by atomic mass is 10.2. The Balaban J connectivity index is 1.59. The number of benzene rings is 2. The van der Waals surface area contributed by atoms with Crippen LogP contribution in [0.1, 0.15) is 10.5 Å². The van der Waals surface area contributed by atoms with Gasteiger partial charge >= 0.3 is 12.0 Å². The maximum Gasteiger partial charge on any atom is 0.323 e. The number of carbonyl (C=O) groups is 3. The Labute approximate surface area is 192 Å².